The molecule has 0 spiro atoms. The molecule has 1 amide bonds. The lowest BCUT2D eigenvalue weighted by Gasteiger charge is -2.28. The molecule has 0 saturated heterocycles. The van der Waals surface area contributed by atoms with E-state index in [1.165, 1.54) is 0 Å². The van der Waals surface area contributed by atoms with E-state index >= 15 is 0 Å². The molecule has 104 valence electrons. The molecule has 1 aliphatic rings. The standard InChI is InChI=1S/C13H16Cl2N2O2/c14-8-5-6-9(15)11(7-8)17-13(18)19-12-4-2-1-3-10(12)16/h5-7,10,12H,1-4,16H2,(H,17,18). The number of carbonyl (C=O) groups is 1. The fourth-order valence-electron chi connectivity index (χ4n) is 2.14. The van der Waals surface area contributed by atoms with Gasteiger partial charge in [-0.25, -0.2) is 4.79 Å². The van der Waals surface area contributed by atoms with Gasteiger partial charge in [-0.15, -0.1) is 0 Å². The third-order valence-corrected chi connectivity index (χ3v) is 3.74. The first-order valence-electron chi connectivity index (χ1n) is 6.24. The first-order valence-corrected chi connectivity index (χ1v) is 7.00. The maximum Gasteiger partial charge on any atom is 0.411 e. The van der Waals surface area contributed by atoms with Crippen LogP contribution in [-0.2, 0) is 4.74 Å². The molecule has 1 saturated carbocycles. The summed E-state index contributed by atoms with van der Waals surface area (Å²) in [5, 5.41) is 3.49. The van der Waals surface area contributed by atoms with Gasteiger partial charge in [-0.05, 0) is 37.5 Å². The van der Waals surface area contributed by atoms with E-state index in [2.05, 4.69) is 5.32 Å². The zero-order valence-corrected chi connectivity index (χ0v) is 11.9. The molecule has 1 fully saturated rings. The van der Waals surface area contributed by atoms with Crippen LogP contribution in [0.3, 0.4) is 0 Å². The summed E-state index contributed by atoms with van der Waals surface area (Å²) in [4.78, 5) is 11.8. The van der Waals surface area contributed by atoms with Crippen molar-refractivity contribution in [2.24, 2.45) is 5.73 Å². The summed E-state index contributed by atoms with van der Waals surface area (Å²) in [6, 6.07) is 4.75. The number of carbonyl (C=O) groups excluding carboxylic acids is 1. The van der Waals surface area contributed by atoms with Gasteiger partial charge in [-0.2, -0.15) is 0 Å². The van der Waals surface area contributed by atoms with Crippen LogP contribution in [0.2, 0.25) is 10.0 Å². The van der Waals surface area contributed by atoms with E-state index in [-0.39, 0.29) is 12.1 Å². The van der Waals surface area contributed by atoms with Crippen LogP contribution in [-0.4, -0.2) is 18.2 Å². The highest BCUT2D eigenvalue weighted by Crippen LogP contribution is 2.26. The number of hydrogen-bond acceptors (Lipinski definition) is 3. The number of hydrogen-bond donors (Lipinski definition) is 2. The van der Waals surface area contributed by atoms with Crippen molar-refractivity contribution in [3.63, 3.8) is 0 Å². The number of benzene rings is 1. The quantitative estimate of drug-likeness (QED) is 0.873. The molecule has 4 nitrogen and oxygen atoms in total. The summed E-state index contributed by atoms with van der Waals surface area (Å²) in [5.74, 6) is 0. The minimum atomic E-state index is -0.550. The van der Waals surface area contributed by atoms with Gasteiger partial charge >= 0.3 is 6.09 Å². The summed E-state index contributed by atoms with van der Waals surface area (Å²) in [5.41, 5.74) is 6.36. The van der Waals surface area contributed by atoms with Crippen molar-refractivity contribution in [3.8, 4) is 0 Å². The van der Waals surface area contributed by atoms with Gasteiger partial charge in [0.15, 0.2) is 0 Å². The Morgan fingerprint density at radius 1 is 1.32 bits per heavy atom. The van der Waals surface area contributed by atoms with Gasteiger partial charge in [-0.3, -0.25) is 5.32 Å². The molecule has 2 rings (SSSR count). The predicted octanol–water partition coefficient (Wildman–Crippen LogP) is 3.81. The van der Waals surface area contributed by atoms with Gasteiger partial charge in [0.2, 0.25) is 0 Å². The van der Waals surface area contributed by atoms with Crippen LogP contribution < -0.4 is 11.1 Å². The lowest BCUT2D eigenvalue weighted by Crippen LogP contribution is -2.41. The SMILES string of the molecule is NC1CCCCC1OC(=O)Nc1cc(Cl)ccc1Cl. The summed E-state index contributed by atoms with van der Waals surface area (Å²) >= 11 is 11.8. The van der Waals surface area contributed by atoms with Crippen molar-refractivity contribution in [1.29, 1.82) is 0 Å². The first kappa shape index (κ1) is 14.4. The smallest absolute Gasteiger partial charge is 0.411 e. The zero-order valence-electron chi connectivity index (χ0n) is 10.4. The molecule has 0 aliphatic heterocycles. The van der Waals surface area contributed by atoms with Crippen LogP contribution >= 0.6 is 23.2 Å². The number of halogens is 2. The van der Waals surface area contributed by atoms with E-state index in [4.69, 9.17) is 33.7 Å². The van der Waals surface area contributed by atoms with E-state index in [1.54, 1.807) is 18.2 Å². The number of rotatable bonds is 2. The molecule has 2 unspecified atom stereocenters. The first-order chi connectivity index (χ1) is 9.06. The Hall–Kier alpha value is -0.970. The molecular weight excluding hydrogens is 287 g/mol. The molecular formula is C13H16Cl2N2O2. The van der Waals surface area contributed by atoms with Crippen LogP contribution in [0, 0.1) is 0 Å². The zero-order chi connectivity index (χ0) is 13.8. The third-order valence-electron chi connectivity index (χ3n) is 3.18. The Balaban J connectivity index is 1.95. The third kappa shape index (κ3) is 4.00. The summed E-state index contributed by atoms with van der Waals surface area (Å²) in [6.45, 7) is 0. The van der Waals surface area contributed by atoms with Gasteiger partial charge in [-0.1, -0.05) is 29.6 Å². The molecule has 19 heavy (non-hydrogen) atoms. The number of nitrogens with two attached hydrogens (primary N) is 1. The topological polar surface area (TPSA) is 64.3 Å². The summed E-state index contributed by atoms with van der Waals surface area (Å²) in [6.07, 6.45) is 3.03. The predicted molar refractivity (Wildman–Crippen MR) is 76.8 cm³/mol. The highest BCUT2D eigenvalue weighted by Gasteiger charge is 2.25. The van der Waals surface area contributed by atoms with Gasteiger partial charge in [0, 0.05) is 11.1 Å². The monoisotopic (exact) mass is 302 g/mol. The maximum absolute atomic E-state index is 11.8. The molecule has 1 aromatic carbocycles. The lowest BCUT2D eigenvalue weighted by molar-refractivity contribution is 0.0728. The Bertz CT molecular complexity index is 468. The maximum atomic E-state index is 11.8. The Morgan fingerprint density at radius 2 is 2.05 bits per heavy atom. The molecule has 3 N–H and O–H groups in total. The van der Waals surface area contributed by atoms with E-state index in [0.29, 0.717) is 15.7 Å². The summed E-state index contributed by atoms with van der Waals surface area (Å²) in [7, 11) is 0. The Kier molecular flexibility index (Phi) is 4.91. The molecule has 0 bridgehead atoms. The Morgan fingerprint density at radius 3 is 2.79 bits per heavy atom. The van der Waals surface area contributed by atoms with Crippen LogP contribution in [0.15, 0.2) is 18.2 Å². The van der Waals surface area contributed by atoms with Crippen molar-refractivity contribution in [1.82, 2.24) is 0 Å². The average molecular weight is 303 g/mol. The molecule has 0 aromatic heterocycles. The normalized spacial score (nSPS) is 22.9. The number of amides is 1. The van der Waals surface area contributed by atoms with Crippen LogP contribution in [0.4, 0.5) is 10.5 Å². The Labute approximate surface area is 122 Å². The van der Waals surface area contributed by atoms with Crippen LogP contribution in [0.5, 0.6) is 0 Å². The van der Waals surface area contributed by atoms with Crippen molar-refractivity contribution < 1.29 is 9.53 Å². The number of anilines is 1. The van der Waals surface area contributed by atoms with Crippen molar-refractivity contribution >= 4 is 35.0 Å². The van der Waals surface area contributed by atoms with E-state index in [1.807, 2.05) is 0 Å². The fourth-order valence-corrected chi connectivity index (χ4v) is 2.48. The van der Waals surface area contributed by atoms with Gasteiger partial charge in [0.25, 0.3) is 0 Å². The van der Waals surface area contributed by atoms with Crippen LogP contribution in [0.1, 0.15) is 25.7 Å². The van der Waals surface area contributed by atoms with Gasteiger partial charge in [0.05, 0.1) is 10.7 Å². The number of nitrogens with one attached hydrogen (secondary N) is 1. The molecule has 0 radical (unpaired) electrons. The minimum absolute atomic E-state index is 0.0886. The minimum Gasteiger partial charge on any atom is -0.444 e. The van der Waals surface area contributed by atoms with E-state index in [0.717, 1.165) is 25.7 Å². The second-order valence-electron chi connectivity index (χ2n) is 4.64. The average Bonchev–Trinajstić information content (AvgIpc) is 2.37. The molecule has 1 aliphatic carbocycles. The largest absolute Gasteiger partial charge is 0.444 e. The fraction of sp³-hybridized carbons (Fsp3) is 0.462. The molecule has 6 heteroatoms. The number of ether oxygens (including phenoxy) is 1. The van der Waals surface area contributed by atoms with Gasteiger partial charge in [0.1, 0.15) is 6.10 Å². The second kappa shape index (κ2) is 6.46. The van der Waals surface area contributed by atoms with Crippen molar-refractivity contribution in [2.75, 3.05) is 5.32 Å². The molecule has 1 aromatic rings. The molecule has 0 heterocycles. The van der Waals surface area contributed by atoms with Crippen molar-refractivity contribution in [3.05, 3.63) is 28.2 Å². The van der Waals surface area contributed by atoms with Crippen LogP contribution in [0.25, 0.3) is 0 Å². The molecule has 2 atom stereocenters. The lowest BCUT2D eigenvalue weighted by atomic mass is 9.93. The summed E-state index contributed by atoms with van der Waals surface area (Å²) < 4.78 is 5.33. The van der Waals surface area contributed by atoms with E-state index < -0.39 is 6.09 Å². The highest BCUT2D eigenvalue weighted by molar-refractivity contribution is 6.35. The highest BCUT2D eigenvalue weighted by atomic mass is 35.5. The van der Waals surface area contributed by atoms with E-state index in [9.17, 15) is 4.79 Å². The van der Waals surface area contributed by atoms with Crippen molar-refractivity contribution in [2.45, 2.75) is 37.8 Å². The van der Waals surface area contributed by atoms with Gasteiger partial charge < -0.3 is 10.5 Å². The second-order valence-corrected chi connectivity index (χ2v) is 5.48.